The number of alkyl halides is 3. The highest BCUT2D eigenvalue weighted by Gasteiger charge is 2.34. The summed E-state index contributed by atoms with van der Waals surface area (Å²) < 4.78 is 50.6. The molecule has 112 valence electrons. The number of hydrogen-bond acceptors (Lipinski definition) is 2. The molecule has 0 saturated carbocycles. The molecule has 20 heavy (non-hydrogen) atoms. The second-order valence-corrected chi connectivity index (χ2v) is 4.65. The zero-order valence-electron chi connectivity index (χ0n) is 11.0. The van der Waals surface area contributed by atoms with Crippen LogP contribution < -0.4 is 5.32 Å². The van der Waals surface area contributed by atoms with Gasteiger partial charge < -0.3 is 10.4 Å². The maximum absolute atomic E-state index is 13.1. The van der Waals surface area contributed by atoms with E-state index in [0.717, 1.165) is 6.07 Å². The summed E-state index contributed by atoms with van der Waals surface area (Å²) in [6.07, 6.45) is -5.24. The van der Waals surface area contributed by atoms with Gasteiger partial charge in [-0.2, -0.15) is 13.2 Å². The van der Waals surface area contributed by atoms with Crippen LogP contribution >= 0.6 is 0 Å². The molecule has 3 nitrogen and oxygen atoms in total. The molecule has 1 aromatic carbocycles. The number of halogens is 4. The Morgan fingerprint density at radius 2 is 1.95 bits per heavy atom. The first-order chi connectivity index (χ1) is 9.11. The van der Waals surface area contributed by atoms with Gasteiger partial charge in [-0.05, 0) is 38.5 Å². The molecule has 7 heteroatoms. The Hall–Kier alpha value is -1.63. The number of aliphatic hydroxyl groups is 1. The first-order valence-corrected chi connectivity index (χ1v) is 5.97. The van der Waals surface area contributed by atoms with Gasteiger partial charge in [-0.25, -0.2) is 4.39 Å². The third-order valence-electron chi connectivity index (χ3n) is 2.61. The topological polar surface area (TPSA) is 49.3 Å². The molecule has 0 fully saturated rings. The van der Waals surface area contributed by atoms with Gasteiger partial charge in [-0.1, -0.05) is 0 Å². The molecule has 1 aromatic rings. The maximum Gasteiger partial charge on any atom is 0.419 e. The molecule has 0 radical (unpaired) electrons. The monoisotopic (exact) mass is 293 g/mol. The summed E-state index contributed by atoms with van der Waals surface area (Å²) in [7, 11) is 0. The number of carbonyl (C=O) groups excluding carboxylic acids is 1. The molecule has 0 spiro atoms. The number of benzene rings is 1. The molecule has 1 rings (SSSR count). The predicted octanol–water partition coefficient (Wildman–Crippen LogP) is 2.73. The largest absolute Gasteiger partial charge is 0.419 e. The van der Waals surface area contributed by atoms with Crippen LogP contribution in [0, 0.1) is 5.82 Å². The fourth-order valence-corrected chi connectivity index (χ4v) is 1.76. The molecule has 0 aliphatic rings. The van der Waals surface area contributed by atoms with Gasteiger partial charge in [-0.15, -0.1) is 0 Å². The zero-order chi connectivity index (χ0) is 15.5. The minimum Gasteiger partial charge on any atom is -0.393 e. The van der Waals surface area contributed by atoms with E-state index in [2.05, 4.69) is 5.32 Å². The Bertz CT molecular complexity index is 486. The van der Waals surface area contributed by atoms with Crippen molar-refractivity contribution in [2.24, 2.45) is 0 Å². The van der Waals surface area contributed by atoms with Crippen molar-refractivity contribution in [1.29, 1.82) is 0 Å². The summed E-state index contributed by atoms with van der Waals surface area (Å²) in [4.78, 5) is 11.7. The standard InChI is InChI=1S/C13H15F4NO2/c1-7(5-8(2)19)18-12(20)9-3-4-11(14)10(6-9)13(15,16)17/h3-4,6-8,19H,5H2,1-2H3,(H,18,20). The van der Waals surface area contributed by atoms with Gasteiger partial charge in [0.25, 0.3) is 5.91 Å². The summed E-state index contributed by atoms with van der Waals surface area (Å²) in [6, 6.07) is 1.65. The minimum absolute atomic E-state index is 0.263. The lowest BCUT2D eigenvalue weighted by molar-refractivity contribution is -0.140. The van der Waals surface area contributed by atoms with Gasteiger partial charge in [0.1, 0.15) is 5.82 Å². The van der Waals surface area contributed by atoms with Crippen molar-refractivity contribution in [2.45, 2.75) is 38.6 Å². The lowest BCUT2D eigenvalue weighted by atomic mass is 10.1. The van der Waals surface area contributed by atoms with Crippen molar-refractivity contribution in [3.63, 3.8) is 0 Å². The minimum atomic E-state index is -4.86. The third kappa shape index (κ3) is 4.48. The van der Waals surface area contributed by atoms with Crippen LogP contribution in [0.3, 0.4) is 0 Å². The summed E-state index contributed by atoms with van der Waals surface area (Å²) in [6.45, 7) is 3.14. The molecule has 1 amide bonds. The van der Waals surface area contributed by atoms with Gasteiger partial charge in [-0.3, -0.25) is 4.79 Å². The van der Waals surface area contributed by atoms with Crippen molar-refractivity contribution in [3.05, 3.63) is 35.1 Å². The highest BCUT2D eigenvalue weighted by molar-refractivity contribution is 5.94. The normalized spacial score (nSPS) is 14.8. The number of amides is 1. The van der Waals surface area contributed by atoms with Gasteiger partial charge in [0, 0.05) is 11.6 Å². The summed E-state index contributed by atoms with van der Waals surface area (Å²) in [5.74, 6) is -2.17. The number of carbonyl (C=O) groups is 1. The fraction of sp³-hybridized carbons (Fsp3) is 0.462. The van der Waals surface area contributed by atoms with Crippen LogP contribution in [0.2, 0.25) is 0 Å². The van der Waals surface area contributed by atoms with E-state index in [1.54, 1.807) is 6.92 Å². The Balaban J connectivity index is 2.89. The molecule has 0 saturated heterocycles. The molecule has 0 heterocycles. The first kappa shape index (κ1) is 16.4. The van der Waals surface area contributed by atoms with Crippen molar-refractivity contribution < 1.29 is 27.5 Å². The molecule has 0 bridgehead atoms. The van der Waals surface area contributed by atoms with E-state index in [0.29, 0.717) is 12.1 Å². The first-order valence-electron chi connectivity index (χ1n) is 5.97. The molecule has 2 unspecified atom stereocenters. The number of hydrogen-bond donors (Lipinski definition) is 2. The molecular weight excluding hydrogens is 278 g/mol. The van der Waals surface area contributed by atoms with E-state index in [1.807, 2.05) is 0 Å². The SMILES string of the molecule is CC(O)CC(C)NC(=O)c1ccc(F)c(C(F)(F)F)c1. The fourth-order valence-electron chi connectivity index (χ4n) is 1.76. The van der Waals surface area contributed by atoms with Crippen LogP contribution in [0.25, 0.3) is 0 Å². The molecule has 0 aromatic heterocycles. The van der Waals surface area contributed by atoms with Gasteiger partial charge in [0.2, 0.25) is 0 Å². The smallest absolute Gasteiger partial charge is 0.393 e. The molecule has 0 aliphatic heterocycles. The quantitative estimate of drug-likeness (QED) is 0.839. The van der Waals surface area contributed by atoms with E-state index in [9.17, 15) is 22.4 Å². The average molecular weight is 293 g/mol. The lowest BCUT2D eigenvalue weighted by Crippen LogP contribution is -2.34. The predicted molar refractivity (Wildman–Crippen MR) is 64.6 cm³/mol. The third-order valence-corrected chi connectivity index (χ3v) is 2.61. The second-order valence-electron chi connectivity index (χ2n) is 4.65. The number of aliphatic hydroxyl groups excluding tert-OH is 1. The van der Waals surface area contributed by atoms with E-state index in [1.165, 1.54) is 6.92 Å². The Kier molecular flexibility index (Phi) is 5.10. The van der Waals surface area contributed by atoms with E-state index < -0.39 is 35.6 Å². The van der Waals surface area contributed by atoms with E-state index in [4.69, 9.17) is 5.11 Å². The summed E-state index contributed by atoms with van der Waals surface area (Å²) in [5, 5.41) is 11.6. The summed E-state index contributed by atoms with van der Waals surface area (Å²) >= 11 is 0. The van der Waals surface area contributed by atoms with Crippen LogP contribution in [0.5, 0.6) is 0 Å². The van der Waals surface area contributed by atoms with Gasteiger partial charge >= 0.3 is 6.18 Å². The molecule has 0 aliphatic carbocycles. The van der Waals surface area contributed by atoms with Crippen LogP contribution in [-0.4, -0.2) is 23.2 Å². The Morgan fingerprint density at radius 3 is 2.45 bits per heavy atom. The van der Waals surface area contributed by atoms with Crippen molar-refractivity contribution >= 4 is 5.91 Å². The van der Waals surface area contributed by atoms with Crippen molar-refractivity contribution in [2.75, 3.05) is 0 Å². The van der Waals surface area contributed by atoms with E-state index >= 15 is 0 Å². The van der Waals surface area contributed by atoms with E-state index in [-0.39, 0.29) is 12.0 Å². The summed E-state index contributed by atoms with van der Waals surface area (Å²) in [5.41, 5.74) is -1.76. The van der Waals surface area contributed by atoms with Crippen molar-refractivity contribution in [3.8, 4) is 0 Å². The van der Waals surface area contributed by atoms with Crippen LogP contribution in [0.1, 0.15) is 36.2 Å². The zero-order valence-corrected chi connectivity index (χ0v) is 11.0. The second kappa shape index (κ2) is 6.21. The highest BCUT2D eigenvalue weighted by Crippen LogP contribution is 2.31. The van der Waals surface area contributed by atoms with Gasteiger partial charge in [0.15, 0.2) is 0 Å². The Labute approximate surface area is 113 Å². The molecule has 2 atom stereocenters. The Morgan fingerprint density at radius 1 is 1.35 bits per heavy atom. The van der Waals surface area contributed by atoms with Crippen LogP contribution in [0.15, 0.2) is 18.2 Å². The van der Waals surface area contributed by atoms with Crippen molar-refractivity contribution in [1.82, 2.24) is 5.32 Å². The van der Waals surface area contributed by atoms with Gasteiger partial charge in [0.05, 0.1) is 11.7 Å². The molecular formula is C13H15F4NO2. The van der Waals surface area contributed by atoms with Crippen LogP contribution in [0.4, 0.5) is 17.6 Å². The number of rotatable bonds is 4. The lowest BCUT2D eigenvalue weighted by Gasteiger charge is -2.16. The highest BCUT2D eigenvalue weighted by atomic mass is 19.4. The van der Waals surface area contributed by atoms with Crippen LogP contribution in [-0.2, 0) is 6.18 Å². The maximum atomic E-state index is 13.1. The average Bonchev–Trinajstić information content (AvgIpc) is 2.26. The number of nitrogens with one attached hydrogen (secondary N) is 1. The molecule has 2 N–H and O–H groups in total.